The Hall–Kier alpha value is -1.68. The fourth-order valence-corrected chi connectivity index (χ4v) is 1.67. The van der Waals surface area contributed by atoms with Gasteiger partial charge >= 0.3 is 0 Å². The topological polar surface area (TPSA) is 29.9 Å². The second kappa shape index (κ2) is 5.10. The number of aromatic nitrogens is 2. The largest absolute Gasteiger partial charge is 0.310 e. The van der Waals surface area contributed by atoms with E-state index in [1.54, 1.807) is 29.2 Å². The molecule has 2 aromatic rings. The number of benzene rings is 1. The van der Waals surface area contributed by atoms with Gasteiger partial charge in [0.05, 0.1) is 0 Å². The molecule has 0 atom stereocenters. The van der Waals surface area contributed by atoms with Crippen molar-refractivity contribution in [1.82, 2.24) is 15.1 Å². The van der Waals surface area contributed by atoms with Crippen LogP contribution in [0.5, 0.6) is 0 Å². The highest BCUT2D eigenvalue weighted by molar-refractivity contribution is 5.41. The minimum Gasteiger partial charge on any atom is -0.310 e. The molecule has 0 saturated carbocycles. The lowest BCUT2D eigenvalue weighted by Gasteiger charge is -2.13. The van der Waals surface area contributed by atoms with E-state index in [4.69, 9.17) is 0 Å². The third kappa shape index (κ3) is 2.71. The predicted octanol–water partition coefficient (Wildman–Crippen LogP) is 2.51. The van der Waals surface area contributed by atoms with Crippen molar-refractivity contribution in [2.75, 3.05) is 0 Å². The summed E-state index contributed by atoms with van der Waals surface area (Å²) in [4.78, 5) is 0. The van der Waals surface area contributed by atoms with Crippen LogP contribution in [0.3, 0.4) is 0 Å². The molecule has 0 saturated heterocycles. The van der Waals surface area contributed by atoms with Crippen molar-refractivity contribution in [1.29, 1.82) is 0 Å². The van der Waals surface area contributed by atoms with E-state index in [0.717, 1.165) is 5.56 Å². The van der Waals surface area contributed by atoms with Crippen LogP contribution in [-0.4, -0.2) is 15.8 Å². The molecular weight excluding hydrogens is 217 g/mol. The summed E-state index contributed by atoms with van der Waals surface area (Å²) < 4.78 is 15.4. The second-order valence-electron chi connectivity index (χ2n) is 4.23. The lowest BCUT2D eigenvalue weighted by atomic mass is 10.1. The van der Waals surface area contributed by atoms with Crippen molar-refractivity contribution in [3.63, 3.8) is 0 Å². The van der Waals surface area contributed by atoms with E-state index in [-0.39, 0.29) is 5.82 Å². The quantitative estimate of drug-likeness (QED) is 0.879. The van der Waals surface area contributed by atoms with Gasteiger partial charge in [-0.2, -0.15) is 5.10 Å². The first-order chi connectivity index (χ1) is 8.18. The van der Waals surface area contributed by atoms with Gasteiger partial charge in [0.2, 0.25) is 0 Å². The van der Waals surface area contributed by atoms with Crippen LogP contribution in [0, 0.1) is 5.82 Å². The van der Waals surface area contributed by atoms with Crippen LogP contribution in [0.25, 0.3) is 5.69 Å². The molecule has 0 fully saturated rings. The normalized spacial score (nSPS) is 11.1. The van der Waals surface area contributed by atoms with Gasteiger partial charge in [-0.25, -0.2) is 9.07 Å². The van der Waals surface area contributed by atoms with Gasteiger partial charge in [0, 0.05) is 25.0 Å². The Kier molecular flexibility index (Phi) is 3.54. The monoisotopic (exact) mass is 233 g/mol. The third-order valence-corrected chi connectivity index (χ3v) is 2.50. The lowest BCUT2D eigenvalue weighted by Crippen LogP contribution is -2.23. The molecule has 0 bridgehead atoms. The van der Waals surface area contributed by atoms with Gasteiger partial charge in [-0.15, -0.1) is 0 Å². The lowest BCUT2D eigenvalue weighted by molar-refractivity contribution is 0.573. The Balaban J connectivity index is 2.35. The minimum absolute atomic E-state index is 0.253. The van der Waals surface area contributed by atoms with E-state index in [1.165, 1.54) is 6.07 Å². The maximum absolute atomic E-state index is 13.8. The summed E-state index contributed by atoms with van der Waals surface area (Å²) in [7, 11) is 0. The van der Waals surface area contributed by atoms with Crippen LogP contribution in [-0.2, 0) is 6.54 Å². The number of nitrogens with one attached hydrogen (secondary N) is 1. The van der Waals surface area contributed by atoms with E-state index < -0.39 is 0 Å². The number of hydrogen-bond donors (Lipinski definition) is 1. The SMILES string of the molecule is CC(C)NCc1cccc(F)c1-n1cccn1. The molecule has 2 rings (SSSR count). The van der Waals surface area contributed by atoms with Gasteiger partial charge in [-0.1, -0.05) is 26.0 Å². The van der Waals surface area contributed by atoms with Crippen molar-refractivity contribution < 1.29 is 4.39 Å². The molecule has 0 aliphatic rings. The molecule has 3 nitrogen and oxygen atoms in total. The highest BCUT2D eigenvalue weighted by atomic mass is 19.1. The van der Waals surface area contributed by atoms with Gasteiger partial charge in [-0.3, -0.25) is 0 Å². The molecule has 0 aliphatic carbocycles. The van der Waals surface area contributed by atoms with Crippen LogP contribution in [0.4, 0.5) is 4.39 Å². The number of hydrogen-bond acceptors (Lipinski definition) is 2. The molecule has 17 heavy (non-hydrogen) atoms. The van der Waals surface area contributed by atoms with Crippen LogP contribution in [0.1, 0.15) is 19.4 Å². The zero-order valence-corrected chi connectivity index (χ0v) is 10.0. The van der Waals surface area contributed by atoms with Crippen molar-refractivity contribution in [3.8, 4) is 5.69 Å². The molecule has 0 radical (unpaired) electrons. The Morgan fingerprint density at radius 3 is 2.82 bits per heavy atom. The zero-order chi connectivity index (χ0) is 12.3. The predicted molar refractivity (Wildman–Crippen MR) is 65.5 cm³/mol. The first-order valence-corrected chi connectivity index (χ1v) is 5.69. The highest BCUT2D eigenvalue weighted by Crippen LogP contribution is 2.17. The van der Waals surface area contributed by atoms with Crippen molar-refractivity contribution in [2.24, 2.45) is 0 Å². The molecule has 1 aromatic heterocycles. The number of rotatable bonds is 4. The van der Waals surface area contributed by atoms with Crippen LogP contribution in [0.2, 0.25) is 0 Å². The average Bonchev–Trinajstić information content (AvgIpc) is 2.79. The van der Waals surface area contributed by atoms with Crippen LogP contribution >= 0.6 is 0 Å². The molecule has 0 aliphatic heterocycles. The first kappa shape index (κ1) is 11.8. The highest BCUT2D eigenvalue weighted by Gasteiger charge is 2.10. The summed E-state index contributed by atoms with van der Waals surface area (Å²) >= 11 is 0. The second-order valence-corrected chi connectivity index (χ2v) is 4.23. The van der Waals surface area contributed by atoms with Gasteiger partial charge in [0.25, 0.3) is 0 Å². The van der Waals surface area contributed by atoms with E-state index in [9.17, 15) is 4.39 Å². The molecular formula is C13H16FN3. The van der Waals surface area contributed by atoms with Gasteiger partial charge in [0.15, 0.2) is 0 Å². The number of nitrogens with zero attached hydrogens (tertiary/aromatic N) is 2. The average molecular weight is 233 g/mol. The summed E-state index contributed by atoms with van der Waals surface area (Å²) in [6.45, 7) is 4.75. The zero-order valence-electron chi connectivity index (χ0n) is 10.0. The smallest absolute Gasteiger partial charge is 0.149 e. The van der Waals surface area contributed by atoms with Crippen molar-refractivity contribution in [2.45, 2.75) is 26.4 Å². The minimum atomic E-state index is -0.253. The molecule has 90 valence electrons. The van der Waals surface area contributed by atoms with Crippen LogP contribution in [0.15, 0.2) is 36.7 Å². The standard InChI is InChI=1S/C13H16FN3/c1-10(2)15-9-11-5-3-6-12(14)13(11)17-8-4-7-16-17/h3-8,10,15H,9H2,1-2H3. The van der Waals surface area contributed by atoms with Gasteiger partial charge < -0.3 is 5.32 Å². The van der Waals surface area contributed by atoms with E-state index >= 15 is 0 Å². The summed E-state index contributed by atoms with van der Waals surface area (Å²) in [5.41, 5.74) is 1.42. The number of para-hydroxylation sites is 1. The van der Waals surface area contributed by atoms with E-state index in [0.29, 0.717) is 18.3 Å². The van der Waals surface area contributed by atoms with Crippen molar-refractivity contribution >= 4 is 0 Å². The molecule has 4 heteroatoms. The van der Waals surface area contributed by atoms with Gasteiger partial charge in [0.1, 0.15) is 11.5 Å². The molecule has 1 N–H and O–H groups in total. The molecule has 1 aromatic carbocycles. The fourth-order valence-electron chi connectivity index (χ4n) is 1.67. The Labute approximate surface area is 100 Å². The first-order valence-electron chi connectivity index (χ1n) is 5.69. The molecule has 0 unspecified atom stereocenters. The fraction of sp³-hybridized carbons (Fsp3) is 0.308. The van der Waals surface area contributed by atoms with E-state index in [1.807, 2.05) is 6.07 Å². The Morgan fingerprint density at radius 2 is 2.18 bits per heavy atom. The van der Waals surface area contributed by atoms with Crippen LogP contribution < -0.4 is 5.32 Å². The Bertz CT molecular complexity index is 477. The summed E-state index contributed by atoms with van der Waals surface area (Å²) in [6, 6.07) is 7.24. The van der Waals surface area contributed by atoms with Crippen molar-refractivity contribution in [3.05, 3.63) is 48.0 Å². The molecule has 0 amide bonds. The third-order valence-electron chi connectivity index (χ3n) is 2.50. The Morgan fingerprint density at radius 1 is 1.35 bits per heavy atom. The number of halogens is 1. The van der Waals surface area contributed by atoms with Gasteiger partial charge in [-0.05, 0) is 17.7 Å². The van der Waals surface area contributed by atoms with E-state index in [2.05, 4.69) is 24.3 Å². The molecule has 0 spiro atoms. The summed E-state index contributed by atoms with van der Waals surface area (Å²) in [5, 5.41) is 7.37. The maximum atomic E-state index is 13.8. The summed E-state index contributed by atoms with van der Waals surface area (Å²) in [6.07, 6.45) is 3.39. The summed E-state index contributed by atoms with van der Waals surface area (Å²) in [5.74, 6) is -0.253. The molecule has 1 heterocycles. The maximum Gasteiger partial charge on any atom is 0.149 e.